The van der Waals surface area contributed by atoms with Crippen LogP contribution in [0.4, 0.5) is 0 Å². The van der Waals surface area contributed by atoms with Crippen LogP contribution in [-0.2, 0) is 0 Å². The molecule has 2 N–H and O–H groups in total. The van der Waals surface area contributed by atoms with E-state index < -0.39 is 6.10 Å². The van der Waals surface area contributed by atoms with Crippen molar-refractivity contribution in [2.24, 2.45) is 0 Å². The van der Waals surface area contributed by atoms with E-state index in [-0.39, 0.29) is 6.04 Å². The molecule has 2 aromatic rings. The van der Waals surface area contributed by atoms with Gasteiger partial charge >= 0.3 is 0 Å². The summed E-state index contributed by atoms with van der Waals surface area (Å²) in [4.78, 5) is 0. The highest BCUT2D eigenvalue weighted by Gasteiger charge is 2.13. The molecule has 0 saturated heterocycles. The van der Waals surface area contributed by atoms with E-state index in [1.54, 1.807) is 7.11 Å². The van der Waals surface area contributed by atoms with E-state index in [2.05, 4.69) is 12.2 Å². The standard InChI is InChI=1S/C17H21NO2/c1-13(15-10-6-7-11-17(15)20-2)18-12-16(19)14-8-4-3-5-9-14/h3-11,13,16,18-19H,12H2,1-2H3/t13-,16-/m0/s1. The van der Waals surface area contributed by atoms with Crippen LogP contribution in [0.15, 0.2) is 54.6 Å². The summed E-state index contributed by atoms with van der Waals surface area (Å²) < 4.78 is 5.36. The van der Waals surface area contributed by atoms with Gasteiger partial charge in [0.15, 0.2) is 0 Å². The molecule has 0 spiro atoms. The second kappa shape index (κ2) is 7.08. The first-order valence-electron chi connectivity index (χ1n) is 6.81. The summed E-state index contributed by atoms with van der Waals surface area (Å²) in [6.07, 6.45) is -0.506. The number of aliphatic hydroxyl groups excluding tert-OH is 1. The predicted molar refractivity (Wildman–Crippen MR) is 80.8 cm³/mol. The fraction of sp³-hybridized carbons (Fsp3) is 0.294. The van der Waals surface area contributed by atoms with Crippen molar-refractivity contribution >= 4 is 0 Å². The topological polar surface area (TPSA) is 41.5 Å². The lowest BCUT2D eigenvalue weighted by Gasteiger charge is -2.19. The minimum atomic E-state index is -0.506. The van der Waals surface area contributed by atoms with Crippen LogP contribution in [0.2, 0.25) is 0 Å². The second-order valence-electron chi connectivity index (χ2n) is 4.80. The van der Waals surface area contributed by atoms with Crippen molar-refractivity contribution in [1.82, 2.24) is 5.32 Å². The lowest BCUT2D eigenvalue weighted by molar-refractivity contribution is 0.170. The van der Waals surface area contributed by atoms with Crippen molar-refractivity contribution in [3.05, 3.63) is 65.7 Å². The van der Waals surface area contributed by atoms with Gasteiger partial charge in [0.25, 0.3) is 0 Å². The van der Waals surface area contributed by atoms with Gasteiger partial charge in [0.05, 0.1) is 13.2 Å². The zero-order chi connectivity index (χ0) is 14.4. The number of ether oxygens (including phenoxy) is 1. The molecule has 0 bridgehead atoms. The molecule has 0 saturated carbocycles. The van der Waals surface area contributed by atoms with Gasteiger partial charge in [-0.15, -0.1) is 0 Å². The van der Waals surface area contributed by atoms with E-state index in [4.69, 9.17) is 4.74 Å². The maximum absolute atomic E-state index is 10.1. The van der Waals surface area contributed by atoms with Gasteiger partial charge in [-0.25, -0.2) is 0 Å². The molecule has 0 amide bonds. The zero-order valence-electron chi connectivity index (χ0n) is 11.9. The van der Waals surface area contributed by atoms with E-state index >= 15 is 0 Å². The highest BCUT2D eigenvalue weighted by molar-refractivity contribution is 5.35. The highest BCUT2D eigenvalue weighted by atomic mass is 16.5. The third kappa shape index (κ3) is 3.59. The van der Waals surface area contributed by atoms with Crippen molar-refractivity contribution in [2.45, 2.75) is 19.1 Å². The van der Waals surface area contributed by atoms with Crippen molar-refractivity contribution in [1.29, 1.82) is 0 Å². The normalized spacial score (nSPS) is 13.8. The fourth-order valence-electron chi connectivity index (χ4n) is 2.22. The molecule has 0 radical (unpaired) electrons. The Morgan fingerprint density at radius 3 is 2.40 bits per heavy atom. The molecule has 0 aromatic heterocycles. The Hall–Kier alpha value is -1.84. The van der Waals surface area contributed by atoms with Crippen molar-refractivity contribution in [3.8, 4) is 5.75 Å². The number of hydrogen-bond donors (Lipinski definition) is 2. The molecule has 0 heterocycles. The smallest absolute Gasteiger partial charge is 0.123 e. The first kappa shape index (κ1) is 14.6. The molecule has 2 atom stereocenters. The largest absolute Gasteiger partial charge is 0.496 e. The maximum Gasteiger partial charge on any atom is 0.123 e. The SMILES string of the molecule is COc1ccccc1[C@H](C)NC[C@H](O)c1ccccc1. The van der Waals surface area contributed by atoms with Gasteiger partial charge in [0.1, 0.15) is 5.75 Å². The van der Waals surface area contributed by atoms with Gasteiger partial charge in [0.2, 0.25) is 0 Å². The summed E-state index contributed by atoms with van der Waals surface area (Å²) in [5.74, 6) is 0.863. The summed E-state index contributed by atoms with van der Waals surface area (Å²) in [6, 6.07) is 17.7. The minimum absolute atomic E-state index is 0.115. The van der Waals surface area contributed by atoms with Crippen LogP contribution < -0.4 is 10.1 Å². The first-order chi connectivity index (χ1) is 9.72. The van der Waals surface area contributed by atoms with Gasteiger partial charge in [-0.1, -0.05) is 48.5 Å². The molecule has 0 aliphatic rings. The lowest BCUT2D eigenvalue weighted by atomic mass is 10.1. The number of methoxy groups -OCH3 is 1. The second-order valence-corrected chi connectivity index (χ2v) is 4.80. The van der Waals surface area contributed by atoms with Gasteiger partial charge < -0.3 is 15.2 Å². The Morgan fingerprint density at radius 1 is 1.05 bits per heavy atom. The molecule has 2 aromatic carbocycles. The Morgan fingerprint density at radius 2 is 1.70 bits per heavy atom. The third-order valence-electron chi connectivity index (χ3n) is 3.41. The zero-order valence-corrected chi connectivity index (χ0v) is 11.9. The van der Waals surface area contributed by atoms with Crippen molar-refractivity contribution in [2.75, 3.05) is 13.7 Å². The van der Waals surface area contributed by atoms with E-state index in [0.29, 0.717) is 6.54 Å². The van der Waals surface area contributed by atoms with Crippen LogP contribution in [-0.4, -0.2) is 18.8 Å². The highest BCUT2D eigenvalue weighted by Crippen LogP contribution is 2.24. The first-order valence-corrected chi connectivity index (χ1v) is 6.81. The van der Waals surface area contributed by atoms with Gasteiger partial charge in [-0.05, 0) is 18.6 Å². The molecular weight excluding hydrogens is 250 g/mol. The van der Waals surface area contributed by atoms with E-state index in [0.717, 1.165) is 16.9 Å². The summed E-state index contributed by atoms with van der Waals surface area (Å²) in [5.41, 5.74) is 2.02. The molecule has 3 nitrogen and oxygen atoms in total. The minimum Gasteiger partial charge on any atom is -0.496 e. The van der Waals surface area contributed by atoms with Crippen molar-refractivity contribution < 1.29 is 9.84 Å². The molecule has 3 heteroatoms. The molecule has 0 aliphatic carbocycles. The quantitative estimate of drug-likeness (QED) is 0.848. The Bertz CT molecular complexity index is 528. The molecule has 0 fully saturated rings. The number of rotatable bonds is 6. The number of para-hydroxylation sites is 1. The molecule has 0 aliphatic heterocycles. The Kier molecular flexibility index (Phi) is 5.16. The molecule has 0 unspecified atom stereocenters. The summed E-state index contributed by atoms with van der Waals surface area (Å²) in [5, 5.41) is 13.5. The summed E-state index contributed by atoms with van der Waals surface area (Å²) in [6.45, 7) is 2.57. The summed E-state index contributed by atoms with van der Waals surface area (Å²) in [7, 11) is 1.67. The van der Waals surface area contributed by atoms with Crippen LogP contribution in [0.5, 0.6) is 5.75 Å². The average molecular weight is 271 g/mol. The molecular formula is C17H21NO2. The average Bonchev–Trinajstić information content (AvgIpc) is 2.53. The third-order valence-corrected chi connectivity index (χ3v) is 3.41. The fourth-order valence-corrected chi connectivity index (χ4v) is 2.22. The van der Waals surface area contributed by atoms with Gasteiger partial charge in [-0.3, -0.25) is 0 Å². The van der Waals surface area contributed by atoms with E-state index in [1.807, 2.05) is 54.6 Å². The van der Waals surface area contributed by atoms with Crippen LogP contribution in [0.3, 0.4) is 0 Å². The number of nitrogens with one attached hydrogen (secondary N) is 1. The van der Waals surface area contributed by atoms with Crippen LogP contribution in [0.25, 0.3) is 0 Å². The summed E-state index contributed by atoms with van der Waals surface area (Å²) >= 11 is 0. The van der Waals surface area contributed by atoms with Crippen LogP contribution in [0, 0.1) is 0 Å². The van der Waals surface area contributed by atoms with Crippen LogP contribution >= 0.6 is 0 Å². The number of hydrogen-bond acceptors (Lipinski definition) is 3. The Balaban J connectivity index is 1.97. The predicted octanol–water partition coefficient (Wildman–Crippen LogP) is 3.08. The monoisotopic (exact) mass is 271 g/mol. The Labute approximate surface area is 120 Å². The molecule has 20 heavy (non-hydrogen) atoms. The van der Waals surface area contributed by atoms with Gasteiger partial charge in [-0.2, -0.15) is 0 Å². The molecule has 2 rings (SSSR count). The number of benzene rings is 2. The number of aliphatic hydroxyl groups is 1. The molecule has 106 valence electrons. The van der Waals surface area contributed by atoms with Crippen molar-refractivity contribution in [3.63, 3.8) is 0 Å². The lowest BCUT2D eigenvalue weighted by Crippen LogP contribution is -2.25. The van der Waals surface area contributed by atoms with E-state index in [9.17, 15) is 5.11 Å². The van der Waals surface area contributed by atoms with Crippen LogP contribution in [0.1, 0.15) is 30.2 Å². The maximum atomic E-state index is 10.1. The van der Waals surface area contributed by atoms with E-state index in [1.165, 1.54) is 0 Å². The van der Waals surface area contributed by atoms with Gasteiger partial charge in [0, 0.05) is 18.2 Å².